The molecule has 1 amide bonds. The lowest BCUT2D eigenvalue weighted by Gasteiger charge is -2.05. The summed E-state index contributed by atoms with van der Waals surface area (Å²) in [6.45, 7) is 2.47. The van der Waals surface area contributed by atoms with E-state index in [4.69, 9.17) is 4.42 Å². The normalized spacial score (nSPS) is 10.8. The Morgan fingerprint density at radius 3 is 2.81 bits per heavy atom. The van der Waals surface area contributed by atoms with Gasteiger partial charge < -0.3 is 9.73 Å². The lowest BCUT2D eigenvalue weighted by Crippen LogP contribution is -2.22. The Kier molecular flexibility index (Phi) is 3.80. The quantitative estimate of drug-likeness (QED) is 0.764. The second-order valence-electron chi connectivity index (χ2n) is 4.93. The topological polar surface area (TPSA) is 42.2 Å². The molecule has 3 rings (SSSR count). The molecule has 0 saturated carbocycles. The molecule has 0 bridgehead atoms. The van der Waals surface area contributed by atoms with Crippen molar-refractivity contribution in [2.24, 2.45) is 0 Å². The second kappa shape index (κ2) is 5.74. The number of aryl methyl sites for hydroxylation is 1. The van der Waals surface area contributed by atoms with Gasteiger partial charge in [0, 0.05) is 16.4 Å². The first kappa shape index (κ1) is 13.9. The van der Waals surface area contributed by atoms with E-state index in [-0.39, 0.29) is 5.91 Å². The first-order valence-corrected chi connectivity index (χ1v) is 7.44. The predicted octanol–water partition coefficient (Wildman–Crippen LogP) is 4.43. The minimum Gasteiger partial charge on any atom is -0.451 e. The summed E-state index contributed by atoms with van der Waals surface area (Å²) in [6, 6.07) is 15.4. The van der Waals surface area contributed by atoms with Gasteiger partial charge in [-0.1, -0.05) is 45.8 Å². The summed E-state index contributed by atoms with van der Waals surface area (Å²) in [6.07, 6.45) is 0. The van der Waals surface area contributed by atoms with Crippen LogP contribution >= 0.6 is 15.9 Å². The van der Waals surface area contributed by atoms with Crippen molar-refractivity contribution >= 4 is 32.8 Å². The summed E-state index contributed by atoms with van der Waals surface area (Å²) >= 11 is 3.46. The Hall–Kier alpha value is -2.07. The molecule has 0 radical (unpaired) electrons. The molecule has 0 unspecified atom stereocenters. The minimum absolute atomic E-state index is 0.209. The number of carbonyl (C=O) groups is 1. The van der Waals surface area contributed by atoms with Crippen LogP contribution in [0.3, 0.4) is 0 Å². The van der Waals surface area contributed by atoms with Crippen LogP contribution in [0.1, 0.15) is 21.7 Å². The van der Waals surface area contributed by atoms with Crippen molar-refractivity contribution in [1.82, 2.24) is 5.32 Å². The maximum absolute atomic E-state index is 12.2. The zero-order valence-electron chi connectivity index (χ0n) is 11.5. The second-order valence-corrected chi connectivity index (χ2v) is 5.78. The highest BCUT2D eigenvalue weighted by Crippen LogP contribution is 2.21. The van der Waals surface area contributed by atoms with E-state index >= 15 is 0 Å². The Labute approximate surface area is 131 Å². The van der Waals surface area contributed by atoms with Crippen LogP contribution in [-0.4, -0.2) is 5.91 Å². The fourth-order valence-corrected chi connectivity index (χ4v) is 2.60. The number of amides is 1. The molecule has 0 aliphatic heterocycles. The lowest BCUT2D eigenvalue weighted by atomic mass is 10.2. The molecule has 0 saturated heterocycles. The van der Waals surface area contributed by atoms with E-state index < -0.39 is 0 Å². The Bertz CT molecular complexity index is 807. The number of nitrogens with one attached hydrogen (secondary N) is 1. The maximum Gasteiger partial charge on any atom is 0.287 e. The van der Waals surface area contributed by atoms with Crippen LogP contribution in [0.5, 0.6) is 0 Å². The molecule has 1 heterocycles. The van der Waals surface area contributed by atoms with Gasteiger partial charge in [-0.15, -0.1) is 0 Å². The summed E-state index contributed by atoms with van der Waals surface area (Å²) < 4.78 is 6.56. The SMILES string of the molecule is Cc1ccc2oc(C(=O)NCc3ccccc3Br)cc2c1. The molecule has 106 valence electrons. The summed E-state index contributed by atoms with van der Waals surface area (Å²) in [4.78, 5) is 12.2. The molecule has 1 N–H and O–H groups in total. The third-order valence-electron chi connectivity index (χ3n) is 3.29. The molecule has 0 aliphatic rings. The standard InChI is InChI=1S/C17H14BrNO2/c1-11-6-7-15-13(8-11)9-16(21-15)17(20)19-10-12-4-2-3-5-14(12)18/h2-9H,10H2,1H3,(H,19,20). The number of hydrogen-bond acceptors (Lipinski definition) is 2. The molecule has 3 aromatic rings. The van der Waals surface area contributed by atoms with Crippen molar-refractivity contribution in [2.45, 2.75) is 13.5 Å². The highest BCUT2D eigenvalue weighted by molar-refractivity contribution is 9.10. The van der Waals surface area contributed by atoms with Gasteiger partial charge in [-0.3, -0.25) is 4.79 Å². The average Bonchev–Trinajstić information content (AvgIpc) is 2.89. The molecule has 21 heavy (non-hydrogen) atoms. The summed E-state index contributed by atoms with van der Waals surface area (Å²) in [5.74, 6) is 0.127. The van der Waals surface area contributed by atoms with E-state index in [1.54, 1.807) is 6.07 Å². The van der Waals surface area contributed by atoms with Crippen molar-refractivity contribution in [3.63, 3.8) is 0 Å². The largest absolute Gasteiger partial charge is 0.451 e. The molecule has 0 fully saturated rings. The molecule has 0 spiro atoms. The number of fused-ring (bicyclic) bond motifs is 1. The van der Waals surface area contributed by atoms with E-state index in [9.17, 15) is 4.79 Å². The molecular formula is C17H14BrNO2. The smallest absolute Gasteiger partial charge is 0.287 e. The van der Waals surface area contributed by atoms with Gasteiger partial charge in [0.05, 0.1) is 0 Å². The summed E-state index contributed by atoms with van der Waals surface area (Å²) in [5.41, 5.74) is 2.90. The molecule has 4 heteroatoms. The van der Waals surface area contributed by atoms with Gasteiger partial charge in [0.2, 0.25) is 0 Å². The monoisotopic (exact) mass is 343 g/mol. The minimum atomic E-state index is -0.209. The zero-order valence-corrected chi connectivity index (χ0v) is 13.1. The van der Waals surface area contributed by atoms with E-state index in [0.717, 1.165) is 26.6 Å². The number of rotatable bonds is 3. The fourth-order valence-electron chi connectivity index (χ4n) is 2.18. The van der Waals surface area contributed by atoms with Crippen molar-refractivity contribution in [1.29, 1.82) is 0 Å². The van der Waals surface area contributed by atoms with E-state index in [1.165, 1.54) is 0 Å². The van der Waals surface area contributed by atoms with Gasteiger partial charge >= 0.3 is 0 Å². The number of benzene rings is 2. The van der Waals surface area contributed by atoms with E-state index in [0.29, 0.717) is 12.3 Å². The first-order chi connectivity index (χ1) is 10.1. The highest BCUT2D eigenvalue weighted by Gasteiger charge is 2.12. The molecule has 0 aliphatic carbocycles. The fraction of sp³-hybridized carbons (Fsp3) is 0.118. The lowest BCUT2D eigenvalue weighted by molar-refractivity contribution is 0.0925. The van der Waals surface area contributed by atoms with Crippen molar-refractivity contribution in [3.8, 4) is 0 Å². The van der Waals surface area contributed by atoms with Gasteiger partial charge in [0.1, 0.15) is 5.58 Å². The summed E-state index contributed by atoms with van der Waals surface area (Å²) in [7, 11) is 0. The Morgan fingerprint density at radius 2 is 2.00 bits per heavy atom. The average molecular weight is 344 g/mol. The maximum atomic E-state index is 12.2. The van der Waals surface area contributed by atoms with Crippen molar-refractivity contribution in [3.05, 3.63) is 69.9 Å². The van der Waals surface area contributed by atoms with Crippen LogP contribution in [0.4, 0.5) is 0 Å². The Morgan fingerprint density at radius 1 is 1.19 bits per heavy atom. The molecular weight excluding hydrogens is 330 g/mol. The van der Waals surface area contributed by atoms with Crippen LogP contribution in [-0.2, 0) is 6.54 Å². The highest BCUT2D eigenvalue weighted by atomic mass is 79.9. The zero-order chi connectivity index (χ0) is 14.8. The molecule has 0 atom stereocenters. The van der Waals surface area contributed by atoms with Gasteiger partial charge in [-0.05, 0) is 36.8 Å². The van der Waals surface area contributed by atoms with Gasteiger partial charge in [-0.2, -0.15) is 0 Å². The van der Waals surface area contributed by atoms with Crippen LogP contribution in [0, 0.1) is 6.92 Å². The van der Waals surface area contributed by atoms with Crippen LogP contribution in [0.15, 0.2) is 57.4 Å². The van der Waals surface area contributed by atoms with Crippen molar-refractivity contribution in [2.75, 3.05) is 0 Å². The van der Waals surface area contributed by atoms with Gasteiger partial charge in [-0.25, -0.2) is 0 Å². The molecule has 2 aromatic carbocycles. The molecule has 3 nitrogen and oxygen atoms in total. The van der Waals surface area contributed by atoms with E-state index in [2.05, 4.69) is 21.2 Å². The number of halogens is 1. The third kappa shape index (κ3) is 3.00. The van der Waals surface area contributed by atoms with E-state index in [1.807, 2.05) is 49.4 Å². The number of carbonyl (C=O) groups excluding carboxylic acids is 1. The predicted molar refractivity (Wildman–Crippen MR) is 86.3 cm³/mol. The van der Waals surface area contributed by atoms with Crippen LogP contribution < -0.4 is 5.32 Å². The number of hydrogen-bond donors (Lipinski definition) is 1. The summed E-state index contributed by atoms with van der Waals surface area (Å²) in [5, 5.41) is 3.81. The molecule has 1 aromatic heterocycles. The van der Waals surface area contributed by atoms with Gasteiger partial charge in [0.25, 0.3) is 5.91 Å². The Balaban J connectivity index is 1.76. The van der Waals surface area contributed by atoms with Crippen LogP contribution in [0.25, 0.3) is 11.0 Å². The van der Waals surface area contributed by atoms with Gasteiger partial charge in [0.15, 0.2) is 5.76 Å². The third-order valence-corrected chi connectivity index (χ3v) is 4.07. The first-order valence-electron chi connectivity index (χ1n) is 6.65. The van der Waals surface area contributed by atoms with Crippen molar-refractivity contribution < 1.29 is 9.21 Å². The van der Waals surface area contributed by atoms with Crippen LogP contribution in [0.2, 0.25) is 0 Å². The number of furan rings is 1.